The molecule has 132 valence electrons. The molecule has 3 aromatic rings. The fourth-order valence-corrected chi connectivity index (χ4v) is 4.16. The lowest BCUT2D eigenvalue weighted by Crippen LogP contribution is -2.18. The number of nitrogens with one attached hydrogen (secondary N) is 2. The minimum absolute atomic E-state index is 0. The van der Waals surface area contributed by atoms with E-state index in [2.05, 4.69) is 10.5 Å². The standard InChI is InChI=1S/C16H14ClN3O3S.ClH/c1-9-15(11-4-2-3-5-13(11)19-9)16(20-23-16)10-6-7-12(17)14(8-10)24(18,21)22;/h2-8,19-20H,1H3,(H2,18,21,22);1H. The summed E-state index contributed by atoms with van der Waals surface area (Å²) in [6.07, 6.45) is 0. The number of H-pyrrole nitrogens is 1. The van der Waals surface area contributed by atoms with Gasteiger partial charge >= 0.3 is 0 Å². The highest BCUT2D eigenvalue weighted by Gasteiger charge is 2.51. The third kappa shape index (κ3) is 2.83. The monoisotopic (exact) mass is 399 g/mol. The molecule has 1 aliphatic heterocycles. The number of aromatic amines is 1. The van der Waals surface area contributed by atoms with Crippen LogP contribution in [0.3, 0.4) is 0 Å². The van der Waals surface area contributed by atoms with Crippen LogP contribution in [0.4, 0.5) is 0 Å². The number of rotatable bonds is 3. The molecule has 4 N–H and O–H groups in total. The quantitative estimate of drug-likeness (QED) is 0.587. The Kier molecular flexibility index (Phi) is 4.35. The summed E-state index contributed by atoms with van der Waals surface area (Å²) in [4.78, 5) is 8.76. The largest absolute Gasteiger partial charge is 0.358 e. The van der Waals surface area contributed by atoms with Crippen molar-refractivity contribution in [1.82, 2.24) is 10.5 Å². The first kappa shape index (κ1) is 18.2. The second-order valence-electron chi connectivity index (χ2n) is 5.75. The van der Waals surface area contributed by atoms with Gasteiger partial charge in [-0.15, -0.1) is 12.4 Å². The van der Waals surface area contributed by atoms with Gasteiger partial charge < -0.3 is 4.98 Å². The van der Waals surface area contributed by atoms with E-state index in [1.807, 2.05) is 31.2 Å². The van der Waals surface area contributed by atoms with Gasteiger partial charge in [0, 0.05) is 27.7 Å². The van der Waals surface area contributed by atoms with Crippen molar-refractivity contribution in [3.8, 4) is 0 Å². The lowest BCUT2D eigenvalue weighted by atomic mass is 9.94. The Bertz CT molecular complexity index is 1080. The van der Waals surface area contributed by atoms with Crippen molar-refractivity contribution in [2.45, 2.75) is 17.5 Å². The van der Waals surface area contributed by atoms with E-state index < -0.39 is 15.7 Å². The molecule has 1 aliphatic rings. The maximum absolute atomic E-state index is 11.7. The number of benzene rings is 2. The van der Waals surface area contributed by atoms with Gasteiger partial charge in [0.25, 0.3) is 0 Å². The molecule has 9 heteroatoms. The van der Waals surface area contributed by atoms with Gasteiger partial charge in [-0.25, -0.2) is 13.6 Å². The molecule has 2 heterocycles. The average molecular weight is 400 g/mol. The third-order valence-electron chi connectivity index (χ3n) is 4.20. The highest BCUT2D eigenvalue weighted by atomic mass is 35.5. The van der Waals surface area contributed by atoms with Crippen molar-refractivity contribution in [1.29, 1.82) is 0 Å². The summed E-state index contributed by atoms with van der Waals surface area (Å²) in [5.74, 6) is 0. The Morgan fingerprint density at radius 3 is 2.52 bits per heavy atom. The van der Waals surface area contributed by atoms with Crippen molar-refractivity contribution >= 4 is 44.9 Å². The van der Waals surface area contributed by atoms with Crippen molar-refractivity contribution in [3.05, 3.63) is 64.3 Å². The molecular formula is C16H15Cl2N3O3S. The highest BCUT2D eigenvalue weighted by Crippen LogP contribution is 2.45. The summed E-state index contributed by atoms with van der Waals surface area (Å²) in [6, 6.07) is 12.5. The van der Waals surface area contributed by atoms with E-state index in [1.54, 1.807) is 6.07 Å². The highest BCUT2D eigenvalue weighted by molar-refractivity contribution is 7.89. The molecule has 0 aliphatic carbocycles. The Hall–Kier alpha value is -1.61. The number of aromatic nitrogens is 1. The van der Waals surface area contributed by atoms with E-state index in [1.165, 1.54) is 12.1 Å². The van der Waals surface area contributed by atoms with E-state index in [4.69, 9.17) is 21.6 Å². The molecule has 1 aromatic heterocycles. The maximum Gasteiger partial charge on any atom is 0.239 e. The summed E-state index contributed by atoms with van der Waals surface area (Å²) >= 11 is 5.98. The van der Waals surface area contributed by atoms with Crippen LogP contribution in [0.1, 0.15) is 16.8 Å². The van der Waals surface area contributed by atoms with Gasteiger partial charge in [0.1, 0.15) is 4.90 Å². The predicted octanol–water partition coefficient (Wildman–Crippen LogP) is 2.93. The van der Waals surface area contributed by atoms with Crippen LogP contribution in [-0.4, -0.2) is 13.4 Å². The van der Waals surface area contributed by atoms with Gasteiger partial charge in [-0.05, 0) is 25.1 Å². The Morgan fingerprint density at radius 2 is 1.88 bits per heavy atom. The number of hydrogen-bond acceptors (Lipinski definition) is 4. The molecule has 1 atom stereocenters. The molecule has 2 aromatic carbocycles. The van der Waals surface area contributed by atoms with Crippen LogP contribution in [0.15, 0.2) is 47.4 Å². The molecule has 0 saturated carbocycles. The Labute approximate surface area is 155 Å². The first-order chi connectivity index (χ1) is 11.3. The number of nitrogens with two attached hydrogens (primary N) is 1. The predicted molar refractivity (Wildman–Crippen MR) is 98.1 cm³/mol. The van der Waals surface area contributed by atoms with E-state index >= 15 is 0 Å². The van der Waals surface area contributed by atoms with Crippen LogP contribution in [0, 0.1) is 6.92 Å². The fourth-order valence-electron chi connectivity index (χ4n) is 3.09. The van der Waals surface area contributed by atoms with Crippen molar-refractivity contribution in [2.75, 3.05) is 0 Å². The fraction of sp³-hybridized carbons (Fsp3) is 0.125. The van der Waals surface area contributed by atoms with Gasteiger partial charge in [-0.2, -0.15) is 5.48 Å². The number of fused-ring (bicyclic) bond motifs is 1. The van der Waals surface area contributed by atoms with Crippen LogP contribution in [-0.2, 0) is 20.6 Å². The number of hydrogen-bond donors (Lipinski definition) is 3. The number of aryl methyl sites for hydroxylation is 1. The summed E-state index contributed by atoms with van der Waals surface area (Å²) in [5.41, 5.74) is 5.39. The van der Waals surface area contributed by atoms with Crippen LogP contribution >= 0.6 is 24.0 Å². The van der Waals surface area contributed by atoms with Crippen LogP contribution < -0.4 is 10.6 Å². The van der Waals surface area contributed by atoms with Crippen molar-refractivity contribution in [2.24, 2.45) is 5.14 Å². The zero-order chi connectivity index (χ0) is 17.1. The molecule has 1 fully saturated rings. The van der Waals surface area contributed by atoms with Crippen molar-refractivity contribution < 1.29 is 13.3 Å². The van der Waals surface area contributed by atoms with Crippen LogP contribution in [0.25, 0.3) is 10.9 Å². The molecule has 6 nitrogen and oxygen atoms in total. The number of sulfonamides is 1. The topological polar surface area (TPSA) is 110 Å². The van der Waals surface area contributed by atoms with Gasteiger partial charge in [0.15, 0.2) is 0 Å². The number of halogens is 2. The summed E-state index contributed by atoms with van der Waals surface area (Å²) in [6.45, 7) is 1.94. The summed E-state index contributed by atoms with van der Waals surface area (Å²) in [7, 11) is -3.93. The molecule has 4 rings (SSSR count). The number of hydroxylamine groups is 1. The normalized spacial score (nSPS) is 19.6. The summed E-state index contributed by atoms with van der Waals surface area (Å²) in [5, 5.41) is 6.32. The molecule has 0 bridgehead atoms. The second-order valence-corrected chi connectivity index (χ2v) is 7.68. The SMILES string of the molecule is Cc1[nH]c2ccccc2c1C1(c2ccc(Cl)c(S(N)(=O)=O)c2)NO1.Cl. The molecule has 0 spiro atoms. The third-order valence-corrected chi connectivity index (χ3v) is 5.59. The Morgan fingerprint density at radius 1 is 1.20 bits per heavy atom. The molecular weight excluding hydrogens is 385 g/mol. The first-order valence-electron chi connectivity index (χ1n) is 7.19. The minimum Gasteiger partial charge on any atom is -0.358 e. The van der Waals surface area contributed by atoms with E-state index in [0.717, 1.165) is 22.2 Å². The molecule has 0 radical (unpaired) electrons. The van der Waals surface area contributed by atoms with Gasteiger partial charge in [0.2, 0.25) is 15.7 Å². The van der Waals surface area contributed by atoms with E-state index in [-0.39, 0.29) is 22.3 Å². The van der Waals surface area contributed by atoms with E-state index in [9.17, 15) is 8.42 Å². The average Bonchev–Trinajstić information content (AvgIpc) is 3.23. The minimum atomic E-state index is -3.93. The van der Waals surface area contributed by atoms with Gasteiger partial charge in [-0.1, -0.05) is 35.9 Å². The van der Waals surface area contributed by atoms with Crippen molar-refractivity contribution in [3.63, 3.8) is 0 Å². The van der Waals surface area contributed by atoms with Gasteiger partial charge in [0.05, 0.1) is 5.02 Å². The molecule has 1 saturated heterocycles. The zero-order valence-electron chi connectivity index (χ0n) is 13.0. The lowest BCUT2D eigenvalue weighted by molar-refractivity contribution is 0.327. The lowest BCUT2D eigenvalue weighted by Gasteiger charge is -2.13. The van der Waals surface area contributed by atoms with Crippen LogP contribution in [0.2, 0.25) is 5.02 Å². The van der Waals surface area contributed by atoms with E-state index in [0.29, 0.717) is 5.56 Å². The Balaban J connectivity index is 0.00000182. The van der Waals surface area contributed by atoms with Crippen LogP contribution in [0.5, 0.6) is 0 Å². The molecule has 0 amide bonds. The second kappa shape index (κ2) is 5.98. The number of para-hydroxylation sites is 1. The number of primary sulfonamides is 1. The maximum atomic E-state index is 11.7. The van der Waals surface area contributed by atoms with Gasteiger partial charge in [-0.3, -0.25) is 4.84 Å². The zero-order valence-corrected chi connectivity index (χ0v) is 15.4. The molecule has 1 unspecified atom stereocenters. The molecule has 25 heavy (non-hydrogen) atoms. The smallest absolute Gasteiger partial charge is 0.239 e. The summed E-state index contributed by atoms with van der Waals surface area (Å²) < 4.78 is 23.5. The first-order valence-corrected chi connectivity index (χ1v) is 9.11.